The highest BCUT2D eigenvalue weighted by Crippen LogP contribution is 2.33. The van der Waals surface area contributed by atoms with Gasteiger partial charge in [0.25, 0.3) is 11.8 Å². The van der Waals surface area contributed by atoms with Crippen LogP contribution in [0.4, 0.5) is 10.6 Å². The summed E-state index contributed by atoms with van der Waals surface area (Å²) in [6.45, 7) is 2.72. The van der Waals surface area contributed by atoms with Crippen molar-refractivity contribution < 1.29 is 19.1 Å². The Morgan fingerprint density at radius 2 is 1.96 bits per heavy atom. The van der Waals surface area contributed by atoms with Crippen molar-refractivity contribution in [2.24, 2.45) is 7.05 Å². The van der Waals surface area contributed by atoms with Gasteiger partial charge in [0.15, 0.2) is 0 Å². The lowest BCUT2D eigenvalue weighted by molar-refractivity contribution is -0.134. The molecule has 1 aromatic rings. The highest BCUT2D eigenvalue weighted by atomic mass is 16.5. The van der Waals surface area contributed by atoms with Crippen molar-refractivity contribution in [2.75, 3.05) is 25.1 Å². The van der Waals surface area contributed by atoms with Gasteiger partial charge < -0.3 is 9.64 Å². The van der Waals surface area contributed by atoms with Crippen molar-refractivity contribution in [1.29, 1.82) is 0 Å². The first-order valence-corrected chi connectivity index (χ1v) is 8.41. The molecule has 0 saturated carbocycles. The van der Waals surface area contributed by atoms with Gasteiger partial charge in [-0.25, -0.2) is 9.69 Å². The third-order valence-corrected chi connectivity index (χ3v) is 5.31. The lowest BCUT2D eigenvalue weighted by Crippen LogP contribution is -2.47. The summed E-state index contributed by atoms with van der Waals surface area (Å²) in [5.74, 6) is 0.171. The van der Waals surface area contributed by atoms with E-state index >= 15 is 0 Å². The Labute approximate surface area is 145 Å². The van der Waals surface area contributed by atoms with Crippen LogP contribution >= 0.6 is 0 Å². The number of amides is 4. The highest BCUT2D eigenvalue weighted by Gasteiger charge is 2.55. The summed E-state index contributed by atoms with van der Waals surface area (Å²) in [7, 11) is 3.35. The number of carbonyl (C=O) groups is 3. The number of fused-ring (bicyclic) bond motifs is 1. The van der Waals surface area contributed by atoms with E-state index in [0.29, 0.717) is 31.7 Å². The van der Waals surface area contributed by atoms with E-state index in [2.05, 4.69) is 5.10 Å². The van der Waals surface area contributed by atoms with Crippen molar-refractivity contribution >= 4 is 23.7 Å². The quantitative estimate of drug-likeness (QED) is 0.712. The number of aromatic nitrogens is 2. The molecule has 3 fully saturated rings. The average Bonchev–Trinajstić information content (AvgIpc) is 3.28. The second-order valence-electron chi connectivity index (χ2n) is 6.81. The number of nitrogens with zero attached hydrogens (tertiary/aromatic N) is 5. The Balaban J connectivity index is 1.56. The zero-order valence-electron chi connectivity index (χ0n) is 14.5. The fourth-order valence-electron chi connectivity index (χ4n) is 4.08. The van der Waals surface area contributed by atoms with E-state index in [1.807, 2.05) is 13.0 Å². The number of hydrogen-bond donors (Lipinski definition) is 0. The second-order valence-corrected chi connectivity index (χ2v) is 6.81. The lowest BCUT2D eigenvalue weighted by atomic mass is 10.1. The molecule has 9 heteroatoms. The molecule has 3 aliphatic rings. The molecule has 4 rings (SSSR count). The fourth-order valence-corrected chi connectivity index (χ4v) is 4.08. The molecule has 0 aromatic carbocycles. The monoisotopic (exact) mass is 347 g/mol. The van der Waals surface area contributed by atoms with Gasteiger partial charge in [0.05, 0.1) is 11.8 Å². The maximum Gasteiger partial charge on any atom is 0.328 e. The van der Waals surface area contributed by atoms with Crippen LogP contribution in [0.3, 0.4) is 0 Å². The lowest BCUT2D eigenvalue weighted by Gasteiger charge is -2.23. The standard InChI is InChI=1S/C16H21N5O4/c1-9-6-13(18(2)17-9)19-5-4-11(14(19)22)21-15(23)12-7-10(25-3)8-20(12)16(21)24/h6,10-12H,4-5,7-8H2,1-3H3/t10-,11+,12+/m1/s1. The molecule has 0 N–H and O–H groups in total. The van der Waals surface area contributed by atoms with Crippen molar-refractivity contribution in [3.05, 3.63) is 11.8 Å². The molecule has 134 valence electrons. The van der Waals surface area contributed by atoms with E-state index < -0.39 is 12.1 Å². The van der Waals surface area contributed by atoms with Gasteiger partial charge in [-0.2, -0.15) is 5.10 Å². The number of aryl methyl sites for hydroxylation is 2. The van der Waals surface area contributed by atoms with Crippen LogP contribution in [-0.2, 0) is 21.4 Å². The minimum absolute atomic E-state index is 0.117. The molecule has 4 amide bonds. The molecule has 0 bridgehead atoms. The van der Waals surface area contributed by atoms with Gasteiger partial charge in [-0.15, -0.1) is 0 Å². The predicted octanol–water partition coefficient (Wildman–Crippen LogP) is -0.115. The van der Waals surface area contributed by atoms with Gasteiger partial charge in [-0.1, -0.05) is 0 Å². The fraction of sp³-hybridized carbons (Fsp3) is 0.625. The summed E-state index contributed by atoms with van der Waals surface area (Å²) in [6, 6.07) is 0.214. The van der Waals surface area contributed by atoms with E-state index in [9.17, 15) is 14.4 Å². The number of methoxy groups -OCH3 is 1. The smallest absolute Gasteiger partial charge is 0.328 e. The molecule has 0 unspecified atom stereocenters. The Hall–Kier alpha value is -2.42. The molecule has 3 aliphatic heterocycles. The highest BCUT2D eigenvalue weighted by molar-refractivity contribution is 6.10. The molecule has 0 aliphatic carbocycles. The SMILES string of the molecule is CO[C@@H]1C[C@H]2C(=O)N([C@H]3CCN(c4cc(C)nn4C)C3=O)C(=O)N2C1. The first-order chi connectivity index (χ1) is 11.9. The van der Waals surface area contributed by atoms with Crippen LogP contribution in [-0.4, -0.2) is 75.8 Å². The van der Waals surface area contributed by atoms with Crippen LogP contribution in [0.5, 0.6) is 0 Å². The van der Waals surface area contributed by atoms with Gasteiger partial charge in [0.1, 0.15) is 17.9 Å². The zero-order valence-corrected chi connectivity index (χ0v) is 14.5. The summed E-state index contributed by atoms with van der Waals surface area (Å²) >= 11 is 0. The van der Waals surface area contributed by atoms with Gasteiger partial charge >= 0.3 is 6.03 Å². The minimum Gasteiger partial charge on any atom is -0.380 e. The zero-order chi connectivity index (χ0) is 17.9. The third-order valence-electron chi connectivity index (χ3n) is 5.31. The van der Waals surface area contributed by atoms with E-state index in [4.69, 9.17) is 4.74 Å². The first-order valence-electron chi connectivity index (χ1n) is 8.41. The summed E-state index contributed by atoms with van der Waals surface area (Å²) < 4.78 is 6.91. The number of rotatable bonds is 3. The topological polar surface area (TPSA) is 88.0 Å². The number of imide groups is 1. The predicted molar refractivity (Wildman–Crippen MR) is 86.9 cm³/mol. The van der Waals surface area contributed by atoms with Gasteiger partial charge in [-0.05, 0) is 13.3 Å². The van der Waals surface area contributed by atoms with Crippen LogP contribution in [0.2, 0.25) is 0 Å². The van der Waals surface area contributed by atoms with Crippen LogP contribution in [0.15, 0.2) is 6.07 Å². The first kappa shape index (κ1) is 16.1. The van der Waals surface area contributed by atoms with Crippen LogP contribution < -0.4 is 4.90 Å². The summed E-state index contributed by atoms with van der Waals surface area (Å²) in [4.78, 5) is 42.6. The Morgan fingerprint density at radius 3 is 2.56 bits per heavy atom. The number of anilines is 1. The van der Waals surface area contributed by atoms with E-state index in [1.165, 1.54) is 4.90 Å². The van der Waals surface area contributed by atoms with Crippen LogP contribution in [0.1, 0.15) is 18.5 Å². The molecule has 3 atom stereocenters. The number of hydrogen-bond acceptors (Lipinski definition) is 5. The third kappa shape index (κ3) is 2.25. The molecule has 0 radical (unpaired) electrons. The van der Waals surface area contributed by atoms with Crippen molar-refractivity contribution in [3.63, 3.8) is 0 Å². The molecular formula is C16H21N5O4. The molecule has 4 heterocycles. The van der Waals surface area contributed by atoms with Gasteiger partial charge in [0.2, 0.25) is 0 Å². The van der Waals surface area contributed by atoms with E-state index in [0.717, 1.165) is 10.6 Å². The maximum atomic E-state index is 12.9. The average molecular weight is 347 g/mol. The van der Waals surface area contributed by atoms with Crippen molar-refractivity contribution in [1.82, 2.24) is 19.6 Å². The summed E-state index contributed by atoms with van der Waals surface area (Å²) in [5, 5.41) is 4.26. The number of ether oxygens (including phenoxy) is 1. The molecule has 9 nitrogen and oxygen atoms in total. The Morgan fingerprint density at radius 1 is 1.20 bits per heavy atom. The normalized spacial score (nSPS) is 29.3. The molecular weight excluding hydrogens is 326 g/mol. The van der Waals surface area contributed by atoms with Crippen LogP contribution in [0.25, 0.3) is 0 Å². The Bertz CT molecular complexity index is 736. The largest absolute Gasteiger partial charge is 0.380 e. The van der Waals surface area contributed by atoms with E-state index in [1.54, 1.807) is 23.7 Å². The molecule has 0 spiro atoms. The second kappa shape index (κ2) is 5.55. The van der Waals surface area contributed by atoms with Crippen LogP contribution in [0, 0.1) is 6.92 Å². The van der Waals surface area contributed by atoms with Gasteiger partial charge in [-0.3, -0.25) is 19.2 Å². The molecule has 1 aromatic heterocycles. The van der Waals surface area contributed by atoms with Crippen molar-refractivity contribution in [3.8, 4) is 0 Å². The summed E-state index contributed by atoms with van der Waals surface area (Å²) in [6.07, 6.45) is 0.811. The number of carbonyl (C=O) groups excluding carboxylic acids is 3. The molecule has 3 saturated heterocycles. The summed E-state index contributed by atoms with van der Waals surface area (Å²) in [5.41, 5.74) is 0.813. The number of urea groups is 1. The van der Waals surface area contributed by atoms with Gasteiger partial charge in [0, 0.05) is 39.7 Å². The Kier molecular flexibility index (Phi) is 3.57. The van der Waals surface area contributed by atoms with Crippen molar-refractivity contribution in [2.45, 2.75) is 38.0 Å². The van der Waals surface area contributed by atoms with E-state index in [-0.39, 0.29) is 23.9 Å². The maximum absolute atomic E-state index is 12.9. The minimum atomic E-state index is -0.734. The molecule has 25 heavy (non-hydrogen) atoms.